The fourth-order valence-corrected chi connectivity index (χ4v) is 0.915. The minimum Gasteiger partial charge on any atom is -0.480 e. The Labute approximate surface area is 89.1 Å². The topological polar surface area (TPSA) is 75.4 Å². The highest BCUT2D eigenvalue weighted by Gasteiger charge is 2.24. The third-order valence-corrected chi connectivity index (χ3v) is 2.37. The van der Waals surface area contributed by atoms with Gasteiger partial charge < -0.3 is 16.2 Å². The summed E-state index contributed by atoms with van der Waals surface area (Å²) in [5.41, 5.74) is 6.69. The van der Waals surface area contributed by atoms with E-state index in [9.17, 15) is 4.79 Å². The number of nitrogens with two attached hydrogens (primary N) is 1. The van der Waals surface area contributed by atoms with Gasteiger partial charge in [-0.2, -0.15) is 0 Å². The zero-order valence-corrected chi connectivity index (χ0v) is 8.95. The summed E-state index contributed by atoms with van der Waals surface area (Å²) >= 11 is 0. The van der Waals surface area contributed by atoms with Crippen molar-refractivity contribution in [2.45, 2.75) is 25.8 Å². The van der Waals surface area contributed by atoms with E-state index in [-0.39, 0.29) is 0 Å². The van der Waals surface area contributed by atoms with Crippen molar-refractivity contribution in [3.05, 3.63) is 24.3 Å². The van der Waals surface area contributed by atoms with E-state index in [4.69, 9.17) is 10.8 Å². The highest BCUT2D eigenvalue weighted by Crippen LogP contribution is 2.27. The van der Waals surface area contributed by atoms with Crippen molar-refractivity contribution in [2.24, 2.45) is 5.73 Å². The SMILES string of the molecule is CCC(C)(N)C(=O)O.c1cc2cc(c1)N2. The second-order valence-electron chi connectivity index (χ2n) is 3.78. The van der Waals surface area contributed by atoms with Crippen molar-refractivity contribution in [3.8, 4) is 0 Å². The van der Waals surface area contributed by atoms with Crippen molar-refractivity contribution in [1.29, 1.82) is 0 Å². The Kier molecular flexibility index (Phi) is 3.31. The second kappa shape index (κ2) is 4.31. The summed E-state index contributed by atoms with van der Waals surface area (Å²) in [6, 6.07) is 8.25. The van der Waals surface area contributed by atoms with E-state index in [2.05, 4.69) is 11.4 Å². The zero-order chi connectivity index (χ0) is 11.5. The minimum absolute atomic E-state index is 0.461. The first-order valence-electron chi connectivity index (χ1n) is 4.85. The Morgan fingerprint density at radius 2 is 2.00 bits per heavy atom. The van der Waals surface area contributed by atoms with Crippen LogP contribution in [0.4, 0.5) is 11.4 Å². The van der Waals surface area contributed by atoms with Crippen molar-refractivity contribution in [1.82, 2.24) is 0 Å². The summed E-state index contributed by atoms with van der Waals surface area (Å²) in [5.74, 6) is -0.944. The maximum Gasteiger partial charge on any atom is 0.323 e. The van der Waals surface area contributed by atoms with Crippen molar-refractivity contribution >= 4 is 17.3 Å². The molecule has 0 amide bonds. The molecule has 2 heterocycles. The smallest absolute Gasteiger partial charge is 0.323 e. The van der Waals surface area contributed by atoms with Crippen molar-refractivity contribution in [3.63, 3.8) is 0 Å². The predicted molar refractivity (Wildman–Crippen MR) is 60.2 cm³/mol. The van der Waals surface area contributed by atoms with Gasteiger partial charge >= 0.3 is 5.97 Å². The highest BCUT2D eigenvalue weighted by molar-refractivity contribution is 5.77. The molecule has 0 aliphatic carbocycles. The van der Waals surface area contributed by atoms with Crippen LogP contribution in [0, 0.1) is 0 Å². The third-order valence-electron chi connectivity index (χ3n) is 2.37. The van der Waals surface area contributed by atoms with E-state index in [1.54, 1.807) is 6.92 Å². The van der Waals surface area contributed by atoms with Crippen LogP contribution >= 0.6 is 0 Å². The summed E-state index contributed by atoms with van der Waals surface area (Å²) in [7, 11) is 0. The fourth-order valence-electron chi connectivity index (χ4n) is 0.915. The van der Waals surface area contributed by atoms with Gasteiger partial charge in [0.1, 0.15) is 5.54 Å². The summed E-state index contributed by atoms with van der Waals surface area (Å²) in [4.78, 5) is 10.1. The maximum atomic E-state index is 10.1. The van der Waals surface area contributed by atoms with E-state index in [0.717, 1.165) is 0 Å². The maximum absolute atomic E-state index is 10.1. The molecule has 1 unspecified atom stereocenters. The van der Waals surface area contributed by atoms with Crippen molar-refractivity contribution < 1.29 is 9.90 Å². The molecule has 2 aliphatic heterocycles. The molecule has 0 fully saturated rings. The molecule has 0 aromatic heterocycles. The lowest BCUT2D eigenvalue weighted by Crippen LogP contribution is -2.43. The first-order valence-corrected chi connectivity index (χ1v) is 4.85. The van der Waals surface area contributed by atoms with Gasteiger partial charge in [-0.1, -0.05) is 13.0 Å². The number of hydrogen-bond donors (Lipinski definition) is 3. The van der Waals surface area contributed by atoms with E-state index >= 15 is 0 Å². The average Bonchev–Trinajstić information content (AvgIpc) is 2.19. The first-order chi connectivity index (χ1) is 6.95. The lowest BCUT2D eigenvalue weighted by atomic mass is 10.0. The van der Waals surface area contributed by atoms with E-state index < -0.39 is 11.5 Å². The Hall–Kier alpha value is -1.55. The van der Waals surface area contributed by atoms with Gasteiger partial charge in [0.2, 0.25) is 0 Å². The molecule has 0 radical (unpaired) electrons. The van der Waals surface area contributed by atoms with Gasteiger partial charge in [-0.25, -0.2) is 0 Å². The summed E-state index contributed by atoms with van der Waals surface area (Å²) in [5, 5.41) is 11.4. The molecule has 0 saturated heterocycles. The number of hydrogen-bond acceptors (Lipinski definition) is 3. The van der Waals surface area contributed by atoms with Gasteiger partial charge in [0, 0.05) is 11.4 Å². The molecule has 4 N–H and O–H groups in total. The zero-order valence-electron chi connectivity index (χ0n) is 8.95. The molecule has 1 aromatic rings. The van der Waals surface area contributed by atoms with Gasteiger partial charge in [0.15, 0.2) is 0 Å². The van der Waals surface area contributed by atoms with Gasteiger partial charge in [-0.3, -0.25) is 4.79 Å². The molecule has 2 bridgehead atoms. The molecule has 1 aromatic carbocycles. The highest BCUT2D eigenvalue weighted by atomic mass is 16.4. The van der Waals surface area contributed by atoms with Crippen LogP contribution < -0.4 is 11.1 Å². The molecule has 0 saturated carbocycles. The lowest BCUT2D eigenvalue weighted by Gasteiger charge is -2.15. The Morgan fingerprint density at radius 1 is 1.53 bits per heavy atom. The molecule has 82 valence electrons. The van der Waals surface area contributed by atoms with E-state index in [1.165, 1.54) is 18.3 Å². The molecular formula is C11H16N2O2. The van der Waals surface area contributed by atoms with Crippen LogP contribution in [-0.2, 0) is 4.79 Å². The summed E-state index contributed by atoms with van der Waals surface area (Å²) < 4.78 is 0. The number of nitrogens with one attached hydrogen (secondary N) is 1. The van der Waals surface area contributed by atoms with Gasteiger partial charge in [-0.05, 0) is 31.5 Å². The Bertz CT molecular complexity index is 337. The van der Waals surface area contributed by atoms with Crippen LogP contribution in [0.2, 0.25) is 0 Å². The Morgan fingerprint density at radius 3 is 2.07 bits per heavy atom. The molecule has 3 rings (SSSR count). The summed E-state index contributed by atoms with van der Waals surface area (Å²) in [6.07, 6.45) is 0.461. The number of benzene rings is 1. The van der Waals surface area contributed by atoms with Gasteiger partial charge in [0.05, 0.1) is 0 Å². The van der Waals surface area contributed by atoms with E-state index in [0.29, 0.717) is 6.42 Å². The molecule has 4 nitrogen and oxygen atoms in total. The van der Waals surface area contributed by atoms with Crippen LogP contribution in [0.15, 0.2) is 24.3 Å². The largest absolute Gasteiger partial charge is 0.480 e. The Balaban J connectivity index is 0.000000150. The third kappa shape index (κ3) is 2.95. The molecule has 2 aliphatic rings. The molecule has 0 spiro atoms. The van der Waals surface area contributed by atoms with Crippen LogP contribution in [0.1, 0.15) is 20.3 Å². The quantitative estimate of drug-likeness (QED) is 0.705. The number of carbonyl (C=O) groups is 1. The predicted octanol–water partition coefficient (Wildman–Crippen LogP) is 1.94. The first kappa shape index (κ1) is 11.5. The van der Waals surface area contributed by atoms with E-state index in [1.807, 2.05) is 18.2 Å². The summed E-state index contributed by atoms with van der Waals surface area (Å²) in [6.45, 7) is 3.24. The molecule has 1 atom stereocenters. The van der Waals surface area contributed by atoms with Gasteiger partial charge in [-0.15, -0.1) is 0 Å². The number of carboxylic acids is 1. The number of anilines is 2. The fraction of sp³-hybridized carbons (Fsp3) is 0.364. The monoisotopic (exact) mass is 208 g/mol. The number of rotatable bonds is 2. The molecular weight excluding hydrogens is 192 g/mol. The number of carboxylic acid groups (broad SMARTS) is 1. The standard InChI is InChI=1S/C6H5N.C5H11NO2/c1-2-5-4-6(3-1)7-5;1-3-5(2,6)4(7)8/h1-4,7H;3,6H2,1-2H3,(H,7,8). The average molecular weight is 208 g/mol. The minimum atomic E-state index is -1.04. The number of fused-ring (bicyclic) bond motifs is 2. The molecule has 4 heteroatoms. The second-order valence-corrected chi connectivity index (χ2v) is 3.78. The van der Waals surface area contributed by atoms with Crippen LogP contribution in [-0.4, -0.2) is 16.6 Å². The lowest BCUT2D eigenvalue weighted by molar-refractivity contribution is -0.142. The number of aliphatic carboxylic acids is 1. The van der Waals surface area contributed by atoms with Crippen LogP contribution in [0.25, 0.3) is 0 Å². The normalized spacial score (nSPS) is 14.9. The van der Waals surface area contributed by atoms with Crippen LogP contribution in [0.5, 0.6) is 0 Å². The molecule has 15 heavy (non-hydrogen) atoms. The van der Waals surface area contributed by atoms with Gasteiger partial charge in [0.25, 0.3) is 0 Å². The van der Waals surface area contributed by atoms with Crippen molar-refractivity contribution in [2.75, 3.05) is 5.32 Å². The van der Waals surface area contributed by atoms with Crippen LogP contribution in [0.3, 0.4) is 0 Å².